The molecular weight excluding hydrogens is 416 g/mol. The first-order valence-electron chi connectivity index (χ1n) is 11.6. The minimum Gasteiger partial charge on any atom is -0.493 e. The van der Waals surface area contributed by atoms with Crippen LogP contribution < -0.4 is 10.1 Å². The summed E-state index contributed by atoms with van der Waals surface area (Å²) < 4.78 is 6.01. The van der Waals surface area contributed by atoms with E-state index in [2.05, 4.69) is 19.2 Å². The van der Waals surface area contributed by atoms with Gasteiger partial charge in [0.15, 0.2) is 0 Å². The lowest BCUT2D eigenvalue weighted by Gasteiger charge is -2.36. The number of nitro benzene ring substituents is 1. The lowest BCUT2D eigenvalue weighted by atomic mass is 9.68. The van der Waals surface area contributed by atoms with Gasteiger partial charge in [-0.3, -0.25) is 14.9 Å². The molecule has 1 saturated carbocycles. The third kappa shape index (κ3) is 4.70. The van der Waals surface area contributed by atoms with E-state index < -0.39 is 10.3 Å². The minimum atomic E-state index is -0.693. The molecule has 0 saturated heterocycles. The van der Waals surface area contributed by atoms with E-state index in [9.17, 15) is 14.9 Å². The molecule has 172 valence electrons. The zero-order valence-electron chi connectivity index (χ0n) is 19.2. The second kappa shape index (κ2) is 9.61. The molecule has 6 nitrogen and oxygen atoms in total. The molecule has 1 aliphatic rings. The average molecular weight is 447 g/mol. The van der Waals surface area contributed by atoms with E-state index in [0.717, 1.165) is 59.9 Å². The number of anilines is 1. The average Bonchev–Trinajstić information content (AvgIpc) is 2.84. The number of carbonyl (C=O) groups excluding carboxylic acids is 1. The maximum atomic E-state index is 13.8. The molecule has 0 unspecified atom stereocenters. The molecule has 4 rings (SSSR count). The lowest BCUT2D eigenvalue weighted by molar-refractivity contribution is -0.384. The summed E-state index contributed by atoms with van der Waals surface area (Å²) in [6.07, 6.45) is 4.45. The van der Waals surface area contributed by atoms with Gasteiger partial charge >= 0.3 is 0 Å². The van der Waals surface area contributed by atoms with Crippen LogP contribution in [0.3, 0.4) is 0 Å². The summed E-state index contributed by atoms with van der Waals surface area (Å²) in [5.41, 5.74) is 0.931. The summed E-state index contributed by atoms with van der Waals surface area (Å²) in [7, 11) is 0. The number of ether oxygens (including phenoxy) is 1. The van der Waals surface area contributed by atoms with Crippen LogP contribution in [0, 0.1) is 16.0 Å². The molecule has 0 atom stereocenters. The van der Waals surface area contributed by atoms with E-state index in [4.69, 9.17) is 4.74 Å². The van der Waals surface area contributed by atoms with E-state index in [1.807, 2.05) is 36.4 Å². The quantitative estimate of drug-likeness (QED) is 0.326. The summed E-state index contributed by atoms with van der Waals surface area (Å²) in [5.74, 6) is 1.16. The van der Waals surface area contributed by atoms with E-state index in [1.54, 1.807) is 12.1 Å². The Kier molecular flexibility index (Phi) is 6.63. The summed E-state index contributed by atoms with van der Waals surface area (Å²) in [5, 5.41) is 16.2. The van der Waals surface area contributed by atoms with Crippen molar-refractivity contribution >= 4 is 28.1 Å². The molecular formula is C27H30N2O4. The number of fused-ring (bicyclic) bond motifs is 1. The molecule has 0 spiro atoms. The SMILES string of the molecule is CC(C)COc1ccc(NC(=O)C2(c3ccc([N+](=O)[O-])cc3)CCCCC2)c2ccccc12. The van der Waals surface area contributed by atoms with Crippen LogP contribution in [-0.2, 0) is 10.2 Å². The fraction of sp³-hybridized carbons (Fsp3) is 0.370. The van der Waals surface area contributed by atoms with Gasteiger partial charge in [0.1, 0.15) is 5.75 Å². The van der Waals surface area contributed by atoms with E-state index in [1.165, 1.54) is 12.1 Å². The largest absolute Gasteiger partial charge is 0.493 e. The number of rotatable bonds is 7. The van der Waals surface area contributed by atoms with E-state index in [0.29, 0.717) is 12.5 Å². The lowest BCUT2D eigenvalue weighted by Crippen LogP contribution is -2.42. The van der Waals surface area contributed by atoms with Gasteiger partial charge in [-0.05, 0) is 36.5 Å². The van der Waals surface area contributed by atoms with E-state index >= 15 is 0 Å². The number of benzene rings is 3. The van der Waals surface area contributed by atoms with Crippen molar-refractivity contribution in [3.8, 4) is 5.75 Å². The highest BCUT2D eigenvalue weighted by molar-refractivity contribution is 6.07. The van der Waals surface area contributed by atoms with Crippen molar-refractivity contribution in [3.05, 3.63) is 76.3 Å². The highest BCUT2D eigenvalue weighted by Gasteiger charge is 2.41. The van der Waals surface area contributed by atoms with Gasteiger partial charge in [-0.2, -0.15) is 0 Å². The van der Waals surface area contributed by atoms with Crippen LogP contribution in [0.25, 0.3) is 10.8 Å². The maximum absolute atomic E-state index is 13.8. The number of nitro groups is 1. The number of carbonyl (C=O) groups is 1. The van der Waals surface area contributed by atoms with Crippen LogP contribution in [0.1, 0.15) is 51.5 Å². The van der Waals surface area contributed by atoms with Crippen molar-refractivity contribution in [2.75, 3.05) is 11.9 Å². The smallest absolute Gasteiger partial charge is 0.269 e. The van der Waals surface area contributed by atoms with Gasteiger partial charge in [-0.15, -0.1) is 0 Å². The molecule has 1 fully saturated rings. The predicted octanol–water partition coefficient (Wildman–Crippen LogP) is 6.62. The fourth-order valence-corrected chi connectivity index (χ4v) is 4.71. The standard InChI is InChI=1S/C27H30N2O4/c1-19(2)18-33-25-15-14-24(22-8-4-5-9-23(22)25)28-26(30)27(16-6-3-7-17-27)20-10-12-21(13-11-20)29(31)32/h4-5,8-15,19H,3,6-7,16-18H2,1-2H3,(H,28,30). The molecule has 1 aliphatic carbocycles. The summed E-state index contributed by atoms with van der Waals surface area (Å²) >= 11 is 0. The van der Waals surface area contributed by atoms with Crippen molar-refractivity contribution in [2.24, 2.45) is 5.92 Å². The molecule has 0 heterocycles. The van der Waals surface area contributed by atoms with Crippen molar-refractivity contribution in [3.63, 3.8) is 0 Å². The minimum absolute atomic E-state index is 0.0353. The summed E-state index contributed by atoms with van der Waals surface area (Å²) in [6.45, 7) is 4.84. The summed E-state index contributed by atoms with van der Waals surface area (Å²) in [6, 6.07) is 18.2. The van der Waals surface area contributed by atoms with Crippen LogP contribution in [0.5, 0.6) is 5.75 Å². The van der Waals surface area contributed by atoms with Gasteiger partial charge in [0, 0.05) is 28.6 Å². The van der Waals surface area contributed by atoms with Crippen molar-refractivity contribution in [1.29, 1.82) is 0 Å². The van der Waals surface area contributed by atoms with Gasteiger partial charge in [0.05, 0.1) is 16.9 Å². The van der Waals surface area contributed by atoms with Crippen LogP contribution in [-0.4, -0.2) is 17.4 Å². The molecule has 0 aromatic heterocycles. The van der Waals surface area contributed by atoms with Gasteiger partial charge in [0.25, 0.3) is 5.69 Å². The molecule has 0 aliphatic heterocycles. The molecule has 3 aromatic rings. The van der Waals surface area contributed by atoms with Crippen LogP contribution in [0.15, 0.2) is 60.7 Å². The summed E-state index contributed by atoms with van der Waals surface area (Å²) in [4.78, 5) is 24.5. The second-order valence-corrected chi connectivity index (χ2v) is 9.26. The number of hydrogen-bond donors (Lipinski definition) is 1. The highest BCUT2D eigenvalue weighted by atomic mass is 16.6. The van der Waals surface area contributed by atoms with Crippen LogP contribution in [0.4, 0.5) is 11.4 Å². The van der Waals surface area contributed by atoms with Gasteiger partial charge in [-0.1, -0.05) is 69.5 Å². The Morgan fingerprint density at radius 2 is 1.67 bits per heavy atom. The topological polar surface area (TPSA) is 81.5 Å². The molecule has 33 heavy (non-hydrogen) atoms. The first kappa shape index (κ1) is 22.8. The molecule has 1 N–H and O–H groups in total. The Morgan fingerprint density at radius 3 is 2.30 bits per heavy atom. The first-order valence-corrected chi connectivity index (χ1v) is 11.6. The van der Waals surface area contributed by atoms with E-state index in [-0.39, 0.29) is 11.6 Å². The van der Waals surface area contributed by atoms with Crippen LogP contribution in [0.2, 0.25) is 0 Å². The Hall–Kier alpha value is -3.41. The third-order valence-electron chi connectivity index (χ3n) is 6.48. The Morgan fingerprint density at radius 1 is 1.00 bits per heavy atom. The van der Waals surface area contributed by atoms with Gasteiger partial charge < -0.3 is 10.1 Å². The Balaban J connectivity index is 1.67. The number of hydrogen-bond acceptors (Lipinski definition) is 4. The molecule has 3 aromatic carbocycles. The first-order chi connectivity index (χ1) is 15.9. The number of nitrogens with one attached hydrogen (secondary N) is 1. The third-order valence-corrected chi connectivity index (χ3v) is 6.48. The predicted molar refractivity (Wildman–Crippen MR) is 131 cm³/mol. The fourth-order valence-electron chi connectivity index (χ4n) is 4.71. The monoisotopic (exact) mass is 446 g/mol. The highest BCUT2D eigenvalue weighted by Crippen LogP contribution is 2.42. The Labute approximate surface area is 194 Å². The van der Waals surface area contributed by atoms with Crippen LogP contribution >= 0.6 is 0 Å². The van der Waals surface area contributed by atoms with Crippen molar-refractivity contribution in [2.45, 2.75) is 51.4 Å². The maximum Gasteiger partial charge on any atom is 0.269 e. The Bertz CT molecular complexity index is 1150. The van der Waals surface area contributed by atoms with Gasteiger partial charge in [0.2, 0.25) is 5.91 Å². The molecule has 0 radical (unpaired) electrons. The molecule has 6 heteroatoms. The molecule has 1 amide bonds. The normalized spacial score (nSPS) is 15.4. The van der Waals surface area contributed by atoms with Crippen molar-refractivity contribution < 1.29 is 14.5 Å². The van der Waals surface area contributed by atoms with Crippen molar-refractivity contribution in [1.82, 2.24) is 0 Å². The number of non-ortho nitro benzene ring substituents is 1. The van der Waals surface area contributed by atoms with Gasteiger partial charge in [-0.25, -0.2) is 0 Å². The molecule has 0 bridgehead atoms. The second-order valence-electron chi connectivity index (χ2n) is 9.26. The zero-order valence-corrected chi connectivity index (χ0v) is 19.2. The zero-order chi connectivity index (χ0) is 23.4. The number of nitrogens with zero attached hydrogens (tertiary/aromatic N) is 1. The number of amides is 1.